The summed E-state index contributed by atoms with van der Waals surface area (Å²) in [4.78, 5) is 14.0. The average Bonchev–Trinajstić information content (AvgIpc) is 2.47. The molecule has 0 unspecified atom stereocenters. The standard InChI is InChI=1S/C16H21ClFNO3/c1-11-10-19(7-5-16(11,21)6-8-22-2)15(20)13-4-3-12(17)9-14(13)18/h3-4,9,11,21H,5-8,10H2,1-2H3/t11-,16-/m0/s1. The van der Waals surface area contributed by atoms with E-state index >= 15 is 0 Å². The first-order valence-electron chi connectivity index (χ1n) is 7.33. The largest absolute Gasteiger partial charge is 0.389 e. The quantitative estimate of drug-likeness (QED) is 0.924. The molecule has 6 heteroatoms. The van der Waals surface area contributed by atoms with Crippen LogP contribution in [-0.4, -0.2) is 48.3 Å². The number of carbonyl (C=O) groups is 1. The van der Waals surface area contributed by atoms with E-state index < -0.39 is 11.4 Å². The number of benzene rings is 1. The molecule has 0 bridgehead atoms. The van der Waals surface area contributed by atoms with Crippen LogP contribution in [0.5, 0.6) is 0 Å². The number of hydrogen-bond acceptors (Lipinski definition) is 3. The van der Waals surface area contributed by atoms with Crippen molar-refractivity contribution >= 4 is 17.5 Å². The molecule has 0 aromatic heterocycles. The van der Waals surface area contributed by atoms with Gasteiger partial charge in [0.25, 0.3) is 5.91 Å². The van der Waals surface area contributed by atoms with Crippen LogP contribution in [0.25, 0.3) is 0 Å². The van der Waals surface area contributed by atoms with Crippen molar-refractivity contribution in [1.29, 1.82) is 0 Å². The molecule has 1 aromatic carbocycles. The molecule has 0 radical (unpaired) electrons. The number of likely N-dealkylation sites (tertiary alicyclic amines) is 1. The van der Waals surface area contributed by atoms with Gasteiger partial charge in [0.1, 0.15) is 5.82 Å². The highest BCUT2D eigenvalue weighted by Gasteiger charge is 2.40. The molecule has 4 nitrogen and oxygen atoms in total. The maximum atomic E-state index is 13.9. The fourth-order valence-electron chi connectivity index (χ4n) is 2.83. The van der Waals surface area contributed by atoms with Crippen molar-refractivity contribution in [2.24, 2.45) is 5.92 Å². The Morgan fingerprint density at radius 2 is 2.32 bits per heavy atom. The minimum atomic E-state index is -0.842. The Bertz CT molecular complexity index is 554. The molecule has 1 aliphatic rings. The third-order valence-corrected chi connectivity index (χ3v) is 4.65. The first-order valence-corrected chi connectivity index (χ1v) is 7.71. The van der Waals surface area contributed by atoms with Crippen molar-refractivity contribution in [2.75, 3.05) is 26.8 Å². The summed E-state index contributed by atoms with van der Waals surface area (Å²) in [5, 5.41) is 10.9. The van der Waals surface area contributed by atoms with Crippen molar-refractivity contribution in [3.05, 3.63) is 34.6 Å². The monoisotopic (exact) mass is 329 g/mol. The van der Waals surface area contributed by atoms with Crippen molar-refractivity contribution in [3.8, 4) is 0 Å². The smallest absolute Gasteiger partial charge is 0.256 e. The van der Waals surface area contributed by atoms with Crippen LogP contribution < -0.4 is 0 Å². The number of aliphatic hydroxyl groups is 1. The van der Waals surface area contributed by atoms with E-state index in [-0.39, 0.29) is 22.4 Å². The second-order valence-electron chi connectivity index (χ2n) is 5.87. The molecular formula is C16H21ClFNO3. The van der Waals surface area contributed by atoms with Gasteiger partial charge in [-0.1, -0.05) is 18.5 Å². The molecule has 1 heterocycles. The van der Waals surface area contributed by atoms with Crippen molar-refractivity contribution in [3.63, 3.8) is 0 Å². The second kappa shape index (κ2) is 6.94. The molecule has 1 N–H and O–H groups in total. The highest BCUT2D eigenvalue weighted by atomic mass is 35.5. The summed E-state index contributed by atoms with van der Waals surface area (Å²) in [5.41, 5.74) is -0.829. The number of methoxy groups -OCH3 is 1. The molecule has 2 rings (SSSR count). The Kier molecular flexibility index (Phi) is 5.42. The maximum Gasteiger partial charge on any atom is 0.256 e. The predicted octanol–water partition coefficient (Wildman–Crippen LogP) is 2.73. The summed E-state index contributed by atoms with van der Waals surface area (Å²) in [5.74, 6) is -1.09. The fourth-order valence-corrected chi connectivity index (χ4v) is 2.99. The van der Waals surface area contributed by atoms with Gasteiger partial charge in [-0.3, -0.25) is 4.79 Å². The molecule has 122 valence electrons. The van der Waals surface area contributed by atoms with Gasteiger partial charge in [-0.15, -0.1) is 0 Å². The van der Waals surface area contributed by atoms with E-state index in [4.69, 9.17) is 16.3 Å². The topological polar surface area (TPSA) is 49.8 Å². The zero-order chi connectivity index (χ0) is 16.3. The van der Waals surface area contributed by atoms with Gasteiger partial charge in [0.05, 0.1) is 11.2 Å². The van der Waals surface area contributed by atoms with Gasteiger partial charge in [0.2, 0.25) is 0 Å². The first-order chi connectivity index (χ1) is 10.4. The zero-order valence-electron chi connectivity index (χ0n) is 12.8. The van der Waals surface area contributed by atoms with Crippen LogP contribution in [-0.2, 0) is 4.74 Å². The molecular weight excluding hydrogens is 309 g/mol. The van der Waals surface area contributed by atoms with E-state index in [1.54, 1.807) is 12.0 Å². The lowest BCUT2D eigenvalue weighted by Crippen LogP contribution is -2.53. The van der Waals surface area contributed by atoms with E-state index in [1.807, 2.05) is 6.92 Å². The number of nitrogens with zero attached hydrogens (tertiary/aromatic N) is 1. The maximum absolute atomic E-state index is 13.9. The van der Waals surface area contributed by atoms with Crippen LogP contribution in [0.1, 0.15) is 30.1 Å². The Balaban J connectivity index is 2.08. The Morgan fingerprint density at radius 3 is 2.91 bits per heavy atom. The zero-order valence-corrected chi connectivity index (χ0v) is 13.6. The molecule has 1 saturated heterocycles. The number of halogens is 2. The number of ether oxygens (including phenoxy) is 1. The summed E-state index contributed by atoms with van der Waals surface area (Å²) in [6, 6.07) is 4.04. The normalized spacial score (nSPS) is 25.3. The van der Waals surface area contributed by atoms with Crippen LogP contribution in [0.15, 0.2) is 18.2 Å². The van der Waals surface area contributed by atoms with Gasteiger partial charge < -0.3 is 14.7 Å². The predicted molar refractivity (Wildman–Crippen MR) is 82.5 cm³/mol. The molecule has 1 fully saturated rings. The van der Waals surface area contributed by atoms with Crippen LogP contribution in [0, 0.1) is 11.7 Å². The minimum absolute atomic E-state index is 0.0129. The second-order valence-corrected chi connectivity index (χ2v) is 6.31. The third kappa shape index (κ3) is 3.59. The van der Waals surface area contributed by atoms with Crippen molar-refractivity contribution in [2.45, 2.75) is 25.4 Å². The van der Waals surface area contributed by atoms with Gasteiger partial charge in [-0.05, 0) is 31.0 Å². The highest BCUT2D eigenvalue weighted by Crippen LogP contribution is 2.32. The molecule has 1 aromatic rings. The van der Waals surface area contributed by atoms with Crippen LogP contribution in [0.3, 0.4) is 0 Å². The average molecular weight is 330 g/mol. The third-order valence-electron chi connectivity index (χ3n) is 4.41. The molecule has 0 aliphatic carbocycles. The number of piperidine rings is 1. The molecule has 0 saturated carbocycles. The molecule has 22 heavy (non-hydrogen) atoms. The van der Waals surface area contributed by atoms with Crippen molar-refractivity contribution < 1.29 is 19.0 Å². The van der Waals surface area contributed by atoms with Gasteiger partial charge in [0.15, 0.2) is 0 Å². The first kappa shape index (κ1) is 17.2. The Morgan fingerprint density at radius 1 is 1.59 bits per heavy atom. The summed E-state index contributed by atoms with van der Waals surface area (Å²) < 4.78 is 18.9. The van der Waals surface area contributed by atoms with Gasteiger partial charge in [-0.2, -0.15) is 0 Å². The highest BCUT2D eigenvalue weighted by molar-refractivity contribution is 6.30. The molecule has 0 spiro atoms. The lowest BCUT2D eigenvalue weighted by Gasteiger charge is -2.43. The molecule has 1 aliphatic heterocycles. The van der Waals surface area contributed by atoms with E-state index in [2.05, 4.69) is 0 Å². The summed E-state index contributed by atoms with van der Waals surface area (Å²) >= 11 is 5.71. The number of rotatable bonds is 4. The van der Waals surface area contributed by atoms with Crippen LogP contribution in [0.2, 0.25) is 5.02 Å². The van der Waals surface area contributed by atoms with E-state index in [0.29, 0.717) is 32.5 Å². The van der Waals surface area contributed by atoms with Gasteiger partial charge >= 0.3 is 0 Å². The summed E-state index contributed by atoms with van der Waals surface area (Å²) in [6.45, 7) is 3.15. The number of hydrogen-bond donors (Lipinski definition) is 1. The number of carbonyl (C=O) groups excluding carboxylic acids is 1. The lowest BCUT2D eigenvalue weighted by molar-refractivity contribution is -0.0750. The van der Waals surface area contributed by atoms with Crippen LogP contribution in [0.4, 0.5) is 4.39 Å². The summed E-state index contributed by atoms with van der Waals surface area (Å²) in [7, 11) is 1.59. The van der Waals surface area contributed by atoms with Crippen molar-refractivity contribution in [1.82, 2.24) is 4.90 Å². The SMILES string of the molecule is COCC[C@@]1(O)CCN(C(=O)c2ccc(Cl)cc2F)C[C@@H]1C. The molecule has 1 amide bonds. The van der Waals surface area contributed by atoms with Crippen LogP contribution >= 0.6 is 11.6 Å². The Labute approximate surface area is 134 Å². The van der Waals surface area contributed by atoms with Gasteiger partial charge in [0, 0.05) is 37.7 Å². The van der Waals surface area contributed by atoms with E-state index in [9.17, 15) is 14.3 Å². The Hall–Kier alpha value is -1.17. The van der Waals surface area contributed by atoms with E-state index in [1.165, 1.54) is 12.1 Å². The summed E-state index contributed by atoms with van der Waals surface area (Å²) in [6.07, 6.45) is 0.987. The van der Waals surface area contributed by atoms with E-state index in [0.717, 1.165) is 6.07 Å². The number of amides is 1. The van der Waals surface area contributed by atoms with Gasteiger partial charge in [-0.25, -0.2) is 4.39 Å². The molecule has 2 atom stereocenters. The lowest BCUT2D eigenvalue weighted by atomic mass is 9.79. The minimum Gasteiger partial charge on any atom is -0.389 e. The fraction of sp³-hybridized carbons (Fsp3) is 0.562.